The van der Waals surface area contributed by atoms with Crippen molar-refractivity contribution in [2.45, 2.75) is 44.8 Å². The standard InChI is InChI=1S/C28H32N4O4/c1-16(2)14-22(26(33)29-12-13-36-3)31-27(34)23-15-20-17-8-6-7-11-21(17)30-24(20)25-18-9-4-5-10-19(18)28(35)32(23)25/h4-11,16,22-23,25,30H,12-15H2,1-3H3,(H,29,33)(H,31,34)/t22-,23-,25?/m0/s1. The van der Waals surface area contributed by atoms with E-state index in [1.165, 1.54) is 0 Å². The van der Waals surface area contributed by atoms with Crippen LogP contribution in [0.25, 0.3) is 10.9 Å². The van der Waals surface area contributed by atoms with Gasteiger partial charge >= 0.3 is 0 Å². The van der Waals surface area contributed by atoms with Gasteiger partial charge in [0.15, 0.2) is 0 Å². The first-order valence-electron chi connectivity index (χ1n) is 12.5. The number of benzene rings is 2. The zero-order chi connectivity index (χ0) is 25.4. The summed E-state index contributed by atoms with van der Waals surface area (Å²) < 4.78 is 5.03. The van der Waals surface area contributed by atoms with Crippen molar-refractivity contribution < 1.29 is 19.1 Å². The molecule has 3 N–H and O–H groups in total. The van der Waals surface area contributed by atoms with E-state index in [0.29, 0.717) is 31.6 Å². The molecule has 3 amide bonds. The summed E-state index contributed by atoms with van der Waals surface area (Å²) in [5, 5.41) is 6.87. The molecular formula is C28H32N4O4. The van der Waals surface area contributed by atoms with E-state index < -0.39 is 12.1 Å². The van der Waals surface area contributed by atoms with Crippen molar-refractivity contribution in [3.63, 3.8) is 0 Å². The van der Waals surface area contributed by atoms with Gasteiger partial charge in [0.2, 0.25) is 11.8 Å². The highest BCUT2D eigenvalue weighted by molar-refractivity contribution is 6.04. The number of ether oxygens (including phenoxy) is 1. The van der Waals surface area contributed by atoms with Crippen LogP contribution >= 0.6 is 0 Å². The maximum atomic E-state index is 13.8. The van der Waals surface area contributed by atoms with Gasteiger partial charge in [0.25, 0.3) is 5.91 Å². The molecule has 0 radical (unpaired) electrons. The fraction of sp³-hybridized carbons (Fsp3) is 0.393. The summed E-state index contributed by atoms with van der Waals surface area (Å²) in [7, 11) is 1.57. The van der Waals surface area contributed by atoms with Crippen LogP contribution in [0.3, 0.4) is 0 Å². The number of aromatic nitrogens is 1. The van der Waals surface area contributed by atoms with Crippen molar-refractivity contribution in [1.82, 2.24) is 20.5 Å². The number of hydrogen-bond donors (Lipinski definition) is 3. The molecule has 1 unspecified atom stereocenters. The molecule has 2 aliphatic rings. The molecule has 8 nitrogen and oxygen atoms in total. The molecule has 5 rings (SSSR count). The molecule has 3 aromatic rings. The topological polar surface area (TPSA) is 104 Å². The van der Waals surface area contributed by atoms with E-state index in [0.717, 1.165) is 27.7 Å². The van der Waals surface area contributed by atoms with Crippen LogP contribution in [0.2, 0.25) is 0 Å². The summed E-state index contributed by atoms with van der Waals surface area (Å²) in [5.74, 6) is -0.527. The minimum atomic E-state index is -0.733. The Labute approximate surface area is 210 Å². The summed E-state index contributed by atoms with van der Waals surface area (Å²) in [6.07, 6.45) is 0.869. The maximum absolute atomic E-state index is 13.8. The lowest BCUT2D eigenvalue weighted by atomic mass is 9.89. The second-order valence-electron chi connectivity index (χ2n) is 9.96. The van der Waals surface area contributed by atoms with Crippen LogP contribution in [0.4, 0.5) is 0 Å². The predicted octanol–water partition coefficient (Wildman–Crippen LogP) is 2.93. The molecule has 188 valence electrons. The van der Waals surface area contributed by atoms with Crippen molar-refractivity contribution in [1.29, 1.82) is 0 Å². The molecule has 1 aromatic heterocycles. The van der Waals surface area contributed by atoms with Crippen molar-refractivity contribution in [2.75, 3.05) is 20.3 Å². The third-order valence-electron chi connectivity index (χ3n) is 7.10. The Morgan fingerprint density at radius 3 is 2.67 bits per heavy atom. The van der Waals surface area contributed by atoms with E-state index in [-0.39, 0.29) is 29.7 Å². The largest absolute Gasteiger partial charge is 0.383 e. The quantitative estimate of drug-likeness (QED) is 0.424. The Hall–Kier alpha value is -3.65. The minimum Gasteiger partial charge on any atom is -0.383 e. The number of carbonyl (C=O) groups is 3. The molecule has 0 bridgehead atoms. The van der Waals surface area contributed by atoms with Crippen molar-refractivity contribution >= 4 is 28.6 Å². The SMILES string of the molecule is COCCNC(=O)[C@H](CC(C)C)NC(=O)[C@@H]1Cc2c([nH]c3ccccc23)C2c3ccccc3C(=O)N21. The van der Waals surface area contributed by atoms with Gasteiger partial charge in [0.05, 0.1) is 12.6 Å². The lowest BCUT2D eigenvalue weighted by Gasteiger charge is -2.37. The summed E-state index contributed by atoms with van der Waals surface area (Å²) >= 11 is 0. The molecule has 36 heavy (non-hydrogen) atoms. The lowest BCUT2D eigenvalue weighted by Crippen LogP contribution is -2.57. The molecule has 0 saturated heterocycles. The monoisotopic (exact) mass is 488 g/mol. The van der Waals surface area contributed by atoms with Crippen LogP contribution in [0.5, 0.6) is 0 Å². The van der Waals surface area contributed by atoms with Gasteiger partial charge in [-0.25, -0.2) is 0 Å². The Kier molecular flexibility index (Phi) is 6.53. The van der Waals surface area contributed by atoms with Gasteiger partial charge in [-0.1, -0.05) is 50.2 Å². The first-order valence-corrected chi connectivity index (χ1v) is 12.5. The average Bonchev–Trinajstić information content (AvgIpc) is 3.38. The maximum Gasteiger partial charge on any atom is 0.255 e. The minimum absolute atomic E-state index is 0.162. The van der Waals surface area contributed by atoms with Gasteiger partial charge in [0, 0.05) is 42.2 Å². The first-order chi connectivity index (χ1) is 17.4. The van der Waals surface area contributed by atoms with Gasteiger partial charge in [0.1, 0.15) is 12.1 Å². The second kappa shape index (κ2) is 9.78. The first kappa shape index (κ1) is 24.1. The molecular weight excluding hydrogens is 456 g/mol. The summed E-state index contributed by atoms with van der Waals surface area (Å²) in [4.78, 5) is 45.5. The van der Waals surface area contributed by atoms with Crippen LogP contribution in [0.15, 0.2) is 48.5 Å². The highest BCUT2D eigenvalue weighted by Crippen LogP contribution is 2.46. The molecule has 8 heteroatoms. The van der Waals surface area contributed by atoms with Crippen molar-refractivity contribution in [3.8, 4) is 0 Å². The Bertz CT molecular complexity index is 1310. The van der Waals surface area contributed by atoms with E-state index in [4.69, 9.17) is 4.74 Å². The van der Waals surface area contributed by atoms with Crippen LogP contribution < -0.4 is 10.6 Å². The number of aromatic amines is 1. The van der Waals surface area contributed by atoms with Crippen LogP contribution in [0, 0.1) is 5.92 Å². The van der Waals surface area contributed by atoms with Gasteiger partial charge in [-0.2, -0.15) is 0 Å². The molecule has 2 aliphatic heterocycles. The number of nitrogens with zero attached hydrogens (tertiary/aromatic N) is 1. The van der Waals surface area contributed by atoms with E-state index in [9.17, 15) is 14.4 Å². The van der Waals surface area contributed by atoms with Crippen LogP contribution in [0.1, 0.15) is 53.5 Å². The van der Waals surface area contributed by atoms with E-state index in [2.05, 4.69) is 15.6 Å². The third-order valence-corrected chi connectivity index (χ3v) is 7.10. The second-order valence-corrected chi connectivity index (χ2v) is 9.96. The van der Waals surface area contributed by atoms with Gasteiger partial charge in [-0.15, -0.1) is 0 Å². The lowest BCUT2D eigenvalue weighted by molar-refractivity contribution is -0.132. The molecule has 0 fully saturated rings. The highest BCUT2D eigenvalue weighted by atomic mass is 16.5. The number of para-hydroxylation sites is 1. The van der Waals surface area contributed by atoms with Gasteiger partial charge in [-0.3, -0.25) is 14.4 Å². The normalized spacial score (nSPS) is 19.1. The van der Waals surface area contributed by atoms with E-state index >= 15 is 0 Å². The highest BCUT2D eigenvalue weighted by Gasteiger charge is 2.49. The molecule has 3 atom stereocenters. The van der Waals surface area contributed by atoms with E-state index in [1.807, 2.05) is 62.4 Å². The van der Waals surface area contributed by atoms with Crippen LogP contribution in [-0.4, -0.2) is 60.0 Å². The number of carbonyl (C=O) groups excluding carboxylic acids is 3. The van der Waals surface area contributed by atoms with Crippen molar-refractivity contribution in [3.05, 3.63) is 70.9 Å². The fourth-order valence-electron chi connectivity index (χ4n) is 5.51. The number of H-pyrrole nitrogens is 1. The molecule has 0 aliphatic carbocycles. The summed E-state index contributed by atoms with van der Waals surface area (Å²) in [5.41, 5.74) is 4.48. The molecule has 0 spiro atoms. The van der Waals surface area contributed by atoms with Crippen molar-refractivity contribution in [2.24, 2.45) is 5.92 Å². The fourth-order valence-corrected chi connectivity index (χ4v) is 5.51. The number of methoxy groups -OCH3 is 1. The van der Waals surface area contributed by atoms with E-state index in [1.54, 1.807) is 12.0 Å². The van der Waals surface area contributed by atoms with Gasteiger partial charge in [-0.05, 0) is 35.6 Å². The molecule has 0 saturated carbocycles. The zero-order valence-corrected chi connectivity index (χ0v) is 20.8. The number of hydrogen-bond acceptors (Lipinski definition) is 4. The number of fused-ring (bicyclic) bond motifs is 7. The number of amides is 3. The molecule has 3 heterocycles. The summed E-state index contributed by atoms with van der Waals surface area (Å²) in [6.45, 7) is 4.78. The predicted molar refractivity (Wildman–Crippen MR) is 137 cm³/mol. The third kappa shape index (κ3) is 4.15. The Morgan fingerprint density at radius 1 is 1.14 bits per heavy atom. The smallest absolute Gasteiger partial charge is 0.255 e. The Balaban J connectivity index is 1.50. The van der Waals surface area contributed by atoms with Gasteiger partial charge < -0.3 is 25.3 Å². The Morgan fingerprint density at radius 2 is 1.89 bits per heavy atom. The molecule has 2 aromatic carbocycles. The summed E-state index contributed by atoms with van der Waals surface area (Å²) in [6, 6.07) is 13.7. The average molecular weight is 489 g/mol. The number of rotatable bonds is 8. The zero-order valence-electron chi connectivity index (χ0n) is 20.8. The number of nitrogens with one attached hydrogen (secondary N) is 3. The van der Waals surface area contributed by atoms with Crippen LogP contribution in [-0.2, 0) is 20.7 Å².